The molecule has 3 N–H and O–H groups in total. The standard InChI is InChI=1S/C14H21NO4/c1-4-9(3)15-13(14(17)18)10-6-7-11(16)12(8-10)19-5-2/h6-9,13,15-16H,4-5H2,1-3H3,(H,17,18). The second kappa shape index (κ2) is 6.99. The van der Waals surface area contributed by atoms with E-state index in [0.717, 1.165) is 6.42 Å². The average molecular weight is 267 g/mol. The van der Waals surface area contributed by atoms with Gasteiger partial charge in [-0.05, 0) is 38.0 Å². The van der Waals surface area contributed by atoms with Crippen LogP contribution in [0.3, 0.4) is 0 Å². The summed E-state index contributed by atoms with van der Waals surface area (Å²) < 4.78 is 5.27. The predicted molar refractivity (Wildman–Crippen MR) is 72.5 cm³/mol. The third-order valence-electron chi connectivity index (χ3n) is 2.93. The van der Waals surface area contributed by atoms with Gasteiger partial charge in [0.2, 0.25) is 0 Å². The Labute approximate surface area is 113 Å². The van der Waals surface area contributed by atoms with Gasteiger partial charge in [0.15, 0.2) is 11.5 Å². The van der Waals surface area contributed by atoms with Crippen LogP contribution in [0, 0.1) is 0 Å². The van der Waals surface area contributed by atoms with Crippen LogP contribution >= 0.6 is 0 Å². The maximum absolute atomic E-state index is 11.3. The Morgan fingerprint density at radius 2 is 2.11 bits per heavy atom. The van der Waals surface area contributed by atoms with Crippen molar-refractivity contribution in [2.75, 3.05) is 6.61 Å². The number of nitrogens with one attached hydrogen (secondary N) is 1. The molecule has 0 aliphatic heterocycles. The van der Waals surface area contributed by atoms with E-state index in [0.29, 0.717) is 17.9 Å². The summed E-state index contributed by atoms with van der Waals surface area (Å²) in [5, 5.41) is 22.0. The molecule has 0 spiro atoms. The van der Waals surface area contributed by atoms with E-state index in [1.54, 1.807) is 19.1 Å². The lowest BCUT2D eigenvalue weighted by atomic mass is 10.0. The van der Waals surface area contributed by atoms with E-state index in [1.807, 2.05) is 13.8 Å². The lowest BCUT2D eigenvalue weighted by Crippen LogP contribution is -2.34. The van der Waals surface area contributed by atoms with Crippen LogP contribution in [0.4, 0.5) is 0 Å². The van der Waals surface area contributed by atoms with Crippen LogP contribution in [0.25, 0.3) is 0 Å². The van der Waals surface area contributed by atoms with Crippen molar-refractivity contribution in [2.24, 2.45) is 0 Å². The molecule has 0 saturated carbocycles. The number of phenolic OH excluding ortho intramolecular Hbond substituents is 1. The zero-order chi connectivity index (χ0) is 14.4. The second-order valence-electron chi connectivity index (χ2n) is 4.41. The van der Waals surface area contributed by atoms with Crippen LogP contribution in [0.1, 0.15) is 38.8 Å². The van der Waals surface area contributed by atoms with E-state index in [1.165, 1.54) is 6.07 Å². The van der Waals surface area contributed by atoms with E-state index >= 15 is 0 Å². The molecular formula is C14H21NO4. The van der Waals surface area contributed by atoms with Gasteiger partial charge in [0, 0.05) is 6.04 Å². The lowest BCUT2D eigenvalue weighted by molar-refractivity contribution is -0.139. The summed E-state index contributed by atoms with van der Waals surface area (Å²) in [7, 11) is 0. The van der Waals surface area contributed by atoms with Crippen molar-refractivity contribution < 1.29 is 19.7 Å². The van der Waals surface area contributed by atoms with Crippen molar-refractivity contribution in [3.8, 4) is 11.5 Å². The molecule has 1 aromatic carbocycles. The first kappa shape index (κ1) is 15.3. The molecule has 0 aliphatic rings. The summed E-state index contributed by atoms with van der Waals surface area (Å²) >= 11 is 0. The number of benzene rings is 1. The molecule has 0 aromatic heterocycles. The number of carbonyl (C=O) groups is 1. The topological polar surface area (TPSA) is 78.8 Å². The summed E-state index contributed by atoms with van der Waals surface area (Å²) in [6.07, 6.45) is 0.834. The number of rotatable bonds is 7. The van der Waals surface area contributed by atoms with Gasteiger partial charge in [-0.25, -0.2) is 0 Å². The van der Waals surface area contributed by atoms with E-state index < -0.39 is 12.0 Å². The van der Waals surface area contributed by atoms with Gasteiger partial charge in [-0.3, -0.25) is 10.1 Å². The van der Waals surface area contributed by atoms with E-state index in [9.17, 15) is 15.0 Å². The molecule has 0 bridgehead atoms. The van der Waals surface area contributed by atoms with Gasteiger partial charge in [-0.1, -0.05) is 13.0 Å². The Kier molecular flexibility index (Phi) is 5.63. The largest absolute Gasteiger partial charge is 0.504 e. The van der Waals surface area contributed by atoms with Gasteiger partial charge >= 0.3 is 5.97 Å². The number of aliphatic carboxylic acids is 1. The molecule has 0 amide bonds. The Morgan fingerprint density at radius 1 is 1.42 bits per heavy atom. The first-order valence-corrected chi connectivity index (χ1v) is 6.44. The minimum absolute atomic E-state index is 0.0123. The summed E-state index contributed by atoms with van der Waals surface area (Å²) in [5.41, 5.74) is 0.564. The second-order valence-corrected chi connectivity index (χ2v) is 4.41. The van der Waals surface area contributed by atoms with Crippen molar-refractivity contribution in [2.45, 2.75) is 39.3 Å². The molecule has 5 heteroatoms. The minimum Gasteiger partial charge on any atom is -0.504 e. The smallest absolute Gasteiger partial charge is 0.325 e. The third kappa shape index (κ3) is 4.13. The van der Waals surface area contributed by atoms with Gasteiger partial charge in [-0.2, -0.15) is 0 Å². The maximum atomic E-state index is 11.3. The summed E-state index contributed by atoms with van der Waals surface area (Å²) in [4.78, 5) is 11.3. The Bertz CT molecular complexity index is 433. The monoisotopic (exact) mass is 267 g/mol. The zero-order valence-corrected chi connectivity index (χ0v) is 11.5. The normalized spacial score (nSPS) is 13.8. The fourth-order valence-corrected chi connectivity index (χ4v) is 1.69. The van der Waals surface area contributed by atoms with E-state index in [-0.39, 0.29) is 11.8 Å². The number of hydrogen-bond acceptors (Lipinski definition) is 4. The highest BCUT2D eigenvalue weighted by molar-refractivity contribution is 5.76. The maximum Gasteiger partial charge on any atom is 0.325 e. The van der Waals surface area contributed by atoms with Crippen LogP contribution in [0.5, 0.6) is 11.5 Å². The van der Waals surface area contributed by atoms with Crippen LogP contribution in [-0.2, 0) is 4.79 Å². The number of phenols is 1. The number of carboxylic acids is 1. The molecule has 19 heavy (non-hydrogen) atoms. The number of aromatic hydroxyl groups is 1. The first-order chi connectivity index (χ1) is 8.99. The molecule has 0 saturated heterocycles. The highest BCUT2D eigenvalue weighted by atomic mass is 16.5. The first-order valence-electron chi connectivity index (χ1n) is 6.44. The highest BCUT2D eigenvalue weighted by Gasteiger charge is 2.22. The fraction of sp³-hybridized carbons (Fsp3) is 0.500. The molecule has 1 aromatic rings. The number of ether oxygens (including phenoxy) is 1. The highest BCUT2D eigenvalue weighted by Crippen LogP contribution is 2.29. The Hall–Kier alpha value is -1.75. The molecule has 1 rings (SSSR count). The molecule has 0 aliphatic carbocycles. The molecule has 2 atom stereocenters. The van der Waals surface area contributed by atoms with E-state index in [2.05, 4.69) is 5.32 Å². The quantitative estimate of drug-likeness (QED) is 0.706. The van der Waals surface area contributed by atoms with E-state index in [4.69, 9.17) is 4.74 Å². The van der Waals surface area contributed by atoms with Crippen LogP contribution in [-0.4, -0.2) is 28.8 Å². The average Bonchev–Trinajstić information content (AvgIpc) is 2.38. The Morgan fingerprint density at radius 3 is 2.63 bits per heavy atom. The van der Waals surface area contributed by atoms with Crippen molar-refractivity contribution in [3.63, 3.8) is 0 Å². The van der Waals surface area contributed by atoms with Gasteiger partial charge < -0.3 is 14.9 Å². The number of hydrogen-bond donors (Lipinski definition) is 3. The van der Waals surface area contributed by atoms with Crippen molar-refractivity contribution in [1.82, 2.24) is 5.32 Å². The van der Waals surface area contributed by atoms with Crippen LogP contribution in [0.2, 0.25) is 0 Å². The molecule has 0 heterocycles. The van der Waals surface area contributed by atoms with Crippen LogP contribution in [0.15, 0.2) is 18.2 Å². The fourth-order valence-electron chi connectivity index (χ4n) is 1.69. The Balaban J connectivity index is 3.02. The van der Waals surface area contributed by atoms with Crippen molar-refractivity contribution in [1.29, 1.82) is 0 Å². The zero-order valence-electron chi connectivity index (χ0n) is 11.5. The van der Waals surface area contributed by atoms with Gasteiger partial charge in [-0.15, -0.1) is 0 Å². The summed E-state index contributed by atoms with van der Waals surface area (Å²) in [6, 6.07) is 3.88. The molecule has 106 valence electrons. The van der Waals surface area contributed by atoms with Crippen molar-refractivity contribution >= 4 is 5.97 Å². The third-order valence-corrected chi connectivity index (χ3v) is 2.93. The molecule has 0 fully saturated rings. The summed E-state index contributed by atoms with van der Waals surface area (Å²) in [5.74, 6) is -0.635. The SMILES string of the molecule is CCOc1cc(C(NC(C)CC)C(=O)O)ccc1O. The van der Waals surface area contributed by atoms with Gasteiger partial charge in [0.05, 0.1) is 6.61 Å². The predicted octanol–water partition coefficient (Wildman–Crippen LogP) is 2.30. The van der Waals surface area contributed by atoms with Gasteiger partial charge in [0.25, 0.3) is 0 Å². The molecular weight excluding hydrogens is 246 g/mol. The van der Waals surface area contributed by atoms with Crippen molar-refractivity contribution in [3.05, 3.63) is 23.8 Å². The lowest BCUT2D eigenvalue weighted by Gasteiger charge is -2.20. The minimum atomic E-state index is -0.951. The molecule has 0 radical (unpaired) electrons. The van der Waals surface area contributed by atoms with Crippen LogP contribution < -0.4 is 10.1 Å². The summed E-state index contributed by atoms with van der Waals surface area (Å²) in [6.45, 7) is 6.13. The molecule has 2 unspecified atom stereocenters. The van der Waals surface area contributed by atoms with Gasteiger partial charge in [0.1, 0.15) is 6.04 Å². The number of carboxylic acid groups (broad SMARTS) is 1. The molecule has 5 nitrogen and oxygen atoms in total.